The van der Waals surface area contributed by atoms with Crippen molar-refractivity contribution >= 4 is 0 Å². The van der Waals surface area contributed by atoms with E-state index in [2.05, 4.69) is 45.0 Å². The van der Waals surface area contributed by atoms with E-state index in [-0.39, 0.29) is 26.2 Å². The van der Waals surface area contributed by atoms with Crippen molar-refractivity contribution < 1.29 is 26.2 Å². The largest absolute Gasteiger partial charge is 2.00 e. The van der Waals surface area contributed by atoms with Gasteiger partial charge in [-0.15, -0.1) is 0 Å². The van der Waals surface area contributed by atoms with Gasteiger partial charge in [-0.25, -0.2) is 24.3 Å². The van der Waals surface area contributed by atoms with Crippen LogP contribution in [0.3, 0.4) is 0 Å². The molecule has 0 atom stereocenters. The van der Waals surface area contributed by atoms with E-state index in [1.165, 1.54) is 5.56 Å². The minimum Gasteiger partial charge on any atom is -0.214 e. The molecule has 0 spiro atoms. The summed E-state index contributed by atoms with van der Waals surface area (Å²) in [5.74, 6) is 0. The second-order valence-electron chi connectivity index (χ2n) is 4.39. The van der Waals surface area contributed by atoms with Gasteiger partial charge in [-0.05, 0) is 0 Å². The zero-order valence-corrected chi connectivity index (χ0v) is 12.2. The smallest absolute Gasteiger partial charge is 0.214 e. The molecule has 2 aromatic carbocycles. The Hall–Kier alpha value is -0.417. The van der Waals surface area contributed by atoms with Gasteiger partial charge in [0.1, 0.15) is 0 Å². The second kappa shape index (κ2) is 6.96. The predicted octanol–water partition coefficient (Wildman–Crippen LogP) is 4.11. The summed E-state index contributed by atoms with van der Waals surface area (Å²) >= 11 is 0. The molecule has 2 rings (SSSR count). The van der Waals surface area contributed by atoms with Crippen molar-refractivity contribution in [2.75, 3.05) is 0 Å². The van der Waals surface area contributed by atoms with Gasteiger partial charge in [-0.1, -0.05) is 26.2 Å². The monoisotopic (exact) mass is 276 g/mol. The average molecular weight is 278 g/mol. The molecule has 0 saturated heterocycles. The first kappa shape index (κ1) is 14.6. The third kappa shape index (κ3) is 5.89. The summed E-state index contributed by atoms with van der Waals surface area (Å²) in [7, 11) is 0. The van der Waals surface area contributed by atoms with Gasteiger partial charge in [0.05, 0.1) is 0 Å². The molecule has 0 saturated carbocycles. The third-order valence-electron chi connectivity index (χ3n) is 2.08. The molecule has 0 amide bonds. The standard InChI is InChI=1S/C9H13.C5H5.Zr/c1-9(2,3)8-6-4-5-7-8;1-2-4-5-3-1;/h4-7H,1-3H3;1-5H;/q2*-1;+2. The Morgan fingerprint density at radius 3 is 1.53 bits per heavy atom. The predicted molar refractivity (Wildman–Crippen MR) is 62.8 cm³/mol. The van der Waals surface area contributed by atoms with Crippen molar-refractivity contribution in [2.45, 2.75) is 26.2 Å². The van der Waals surface area contributed by atoms with E-state index in [1.807, 2.05) is 30.3 Å². The van der Waals surface area contributed by atoms with Crippen LogP contribution in [-0.4, -0.2) is 0 Å². The van der Waals surface area contributed by atoms with Gasteiger partial charge in [0, 0.05) is 0 Å². The van der Waals surface area contributed by atoms with Crippen LogP contribution >= 0.6 is 0 Å². The first-order valence-corrected chi connectivity index (χ1v) is 4.99. The molecule has 0 aromatic heterocycles. The fourth-order valence-electron chi connectivity index (χ4n) is 1.19. The van der Waals surface area contributed by atoms with Crippen molar-refractivity contribution in [3.8, 4) is 0 Å². The van der Waals surface area contributed by atoms with Crippen LogP contribution in [0.2, 0.25) is 0 Å². The SMILES string of the molecule is CC(C)(C)[c-]1cccc1.[Zr+2].c1cc[cH-]c1. The fourth-order valence-corrected chi connectivity index (χ4v) is 1.19. The van der Waals surface area contributed by atoms with Gasteiger partial charge in [0.15, 0.2) is 0 Å². The molecule has 1 heteroatoms. The van der Waals surface area contributed by atoms with Gasteiger partial charge >= 0.3 is 26.2 Å². The molecule has 15 heavy (non-hydrogen) atoms. The minimum atomic E-state index is 0. The topological polar surface area (TPSA) is 0 Å². The van der Waals surface area contributed by atoms with Crippen molar-refractivity contribution in [3.63, 3.8) is 0 Å². The Kier molecular flexibility index (Phi) is 6.76. The molecule has 2 aromatic rings. The van der Waals surface area contributed by atoms with E-state index < -0.39 is 0 Å². The van der Waals surface area contributed by atoms with Crippen LogP contribution in [0.25, 0.3) is 0 Å². The van der Waals surface area contributed by atoms with Gasteiger partial charge < -0.3 is 0 Å². The summed E-state index contributed by atoms with van der Waals surface area (Å²) in [4.78, 5) is 0. The van der Waals surface area contributed by atoms with Crippen LogP contribution < -0.4 is 0 Å². The first-order chi connectivity index (χ1) is 6.61. The number of hydrogen-bond donors (Lipinski definition) is 0. The van der Waals surface area contributed by atoms with E-state index in [0.29, 0.717) is 5.41 Å². The maximum absolute atomic E-state index is 2.22. The average Bonchev–Trinajstić information content (AvgIpc) is 2.80. The Bertz CT molecular complexity index is 291. The van der Waals surface area contributed by atoms with E-state index >= 15 is 0 Å². The van der Waals surface area contributed by atoms with Gasteiger partial charge in [0.2, 0.25) is 0 Å². The van der Waals surface area contributed by atoms with E-state index in [4.69, 9.17) is 0 Å². The number of rotatable bonds is 0. The Morgan fingerprint density at radius 2 is 1.33 bits per heavy atom. The van der Waals surface area contributed by atoms with Crippen molar-refractivity contribution in [3.05, 3.63) is 60.2 Å². The van der Waals surface area contributed by atoms with E-state index in [1.54, 1.807) is 0 Å². The maximum Gasteiger partial charge on any atom is 2.00 e. The van der Waals surface area contributed by atoms with E-state index in [0.717, 1.165) is 0 Å². The quantitative estimate of drug-likeness (QED) is 0.636. The minimum absolute atomic E-state index is 0. The zero-order valence-electron chi connectivity index (χ0n) is 9.70. The first-order valence-electron chi connectivity index (χ1n) is 4.99. The fraction of sp³-hybridized carbons (Fsp3) is 0.286. The molecule has 0 nitrogen and oxygen atoms in total. The molecular formula is C14H18Zr. The molecule has 0 unspecified atom stereocenters. The number of hydrogen-bond acceptors (Lipinski definition) is 0. The molecule has 0 radical (unpaired) electrons. The Labute approximate surface area is 112 Å². The summed E-state index contributed by atoms with van der Waals surface area (Å²) in [5.41, 5.74) is 1.74. The Morgan fingerprint density at radius 1 is 0.867 bits per heavy atom. The summed E-state index contributed by atoms with van der Waals surface area (Å²) in [5, 5.41) is 0. The molecule has 0 N–H and O–H groups in total. The van der Waals surface area contributed by atoms with Crippen molar-refractivity contribution in [1.82, 2.24) is 0 Å². The van der Waals surface area contributed by atoms with Gasteiger partial charge in [-0.2, -0.15) is 35.9 Å². The normalized spacial score (nSPS) is 9.80. The summed E-state index contributed by atoms with van der Waals surface area (Å²) in [6.45, 7) is 6.67. The summed E-state index contributed by atoms with van der Waals surface area (Å²) in [6, 6.07) is 18.5. The van der Waals surface area contributed by atoms with Crippen molar-refractivity contribution in [2.24, 2.45) is 0 Å². The molecule has 0 heterocycles. The molecular weight excluding hydrogens is 259 g/mol. The van der Waals surface area contributed by atoms with Crippen LogP contribution in [0.5, 0.6) is 0 Å². The second-order valence-corrected chi connectivity index (χ2v) is 4.39. The molecule has 0 aliphatic rings. The molecule has 78 valence electrons. The van der Waals surface area contributed by atoms with Crippen LogP contribution in [0.4, 0.5) is 0 Å². The maximum atomic E-state index is 2.22. The molecule has 0 aliphatic heterocycles. The third-order valence-corrected chi connectivity index (χ3v) is 2.08. The van der Waals surface area contributed by atoms with Crippen LogP contribution in [-0.2, 0) is 31.6 Å². The van der Waals surface area contributed by atoms with Crippen molar-refractivity contribution in [1.29, 1.82) is 0 Å². The van der Waals surface area contributed by atoms with Gasteiger partial charge in [0.25, 0.3) is 0 Å². The van der Waals surface area contributed by atoms with Crippen LogP contribution in [0.15, 0.2) is 54.6 Å². The summed E-state index contributed by atoms with van der Waals surface area (Å²) < 4.78 is 0. The molecule has 0 bridgehead atoms. The summed E-state index contributed by atoms with van der Waals surface area (Å²) in [6.07, 6.45) is 0. The van der Waals surface area contributed by atoms with E-state index in [9.17, 15) is 0 Å². The van der Waals surface area contributed by atoms with Gasteiger partial charge in [-0.3, -0.25) is 0 Å². The Balaban J connectivity index is 0.000000280. The van der Waals surface area contributed by atoms with Crippen LogP contribution in [0.1, 0.15) is 26.3 Å². The molecule has 0 fully saturated rings. The molecule has 0 aliphatic carbocycles. The van der Waals surface area contributed by atoms with Crippen LogP contribution in [0, 0.1) is 0 Å². The zero-order chi connectivity index (χ0) is 10.4.